The fourth-order valence-corrected chi connectivity index (χ4v) is 4.37. The summed E-state index contributed by atoms with van der Waals surface area (Å²) in [5, 5.41) is 19.0. The Morgan fingerprint density at radius 1 is 1.20 bits per heavy atom. The van der Waals surface area contributed by atoms with Gasteiger partial charge in [0.15, 0.2) is 18.2 Å². The summed E-state index contributed by atoms with van der Waals surface area (Å²) in [7, 11) is 0. The minimum absolute atomic E-state index is 0.0975. The summed E-state index contributed by atoms with van der Waals surface area (Å²) in [6.07, 6.45) is 6.65. The first-order valence-corrected chi connectivity index (χ1v) is 9.93. The molecule has 1 aliphatic carbocycles. The first-order chi connectivity index (χ1) is 14.5. The van der Waals surface area contributed by atoms with Gasteiger partial charge in [-0.05, 0) is 37.8 Å². The van der Waals surface area contributed by atoms with E-state index < -0.39 is 11.6 Å². The molecule has 1 fully saturated rings. The summed E-state index contributed by atoms with van der Waals surface area (Å²) in [5.41, 5.74) is 1.18. The molecule has 1 aromatic carbocycles. The molecule has 8 heteroatoms. The lowest BCUT2D eigenvalue weighted by molar-refractivity contribution is -0.606. The number of amides is 1. The molecule has 8 nitrogen and oxygen atoms in total. The zero-order valence-electron chi connectivity index (χ0n) is 16.2. The molecule has 1 amide bonds. The molecule has 5 rings (SSSR count). The largest absolute Gasteiger partial charge is 0.619 e. The third kappa shape index (κ3) is 3.10. The van der Waals surface area contributed by atoms with Crippen molar-refractivity contribution in [3.05, 3.63) is 77.4 Å². The van der Waals surface area contributed by atoms with E-state index in [-0.39, 0.29) is 11.8 Å². The molecule has 0 radical (unpaired) electrons. The van der Waals surface area contributed by atoms with Crippen LogP contribution in [0.25, 0.3) is 5.69 Å². The number of hydrogen-bond acceptors (Lipinski definition) is 5. The minimum Gasteiger partial charge on any atom is -0.619 e. The number of fused-ring (bicyclic) bond motifs is 2. The van der Waals surface area contributed by atoms with Crippen LogP contribution in [0.5, 0.6) is 0 Å². The van der Waals surface area contributed by atoms with Crippen LogP contribution in [0.1, 0.15) is 41.6 Å². The van der Waals surface area contributed by atoms with Crippen LogP contribution in [0.2, 0.25) is 0 Å². The van der Waals surface area contributed by atoms with E-state index in [1.54, 1.807) is 16.9 Å². The van der Waals surface area contributed by atoms with Crippen LogP contribution >= 0.6 is 0 Å². The molecule has 1 saturated carbocycles. The third-order valence-electron chi connectivity index (χ3n) is 5.96. The molecule has 3 heterocycles. The smallest absolute Gasteiger partial charge is 0.339 e. The second-order valence-electron chi connectivity index (χ2n) is 7.76. The van der Waals surface area contributed by atoms with Gasteiger partial charge in [0, 0.05) is 24.2 Å². The maximum absolute atomic E-state index is 12.8. The van der Waals surface area contributed by atoms with Gasteiger partial charge in [-0.25, -0.2) is 9.48 Å². The number of hydrogen-bond donors (Lipinski definition) is 1. The number of nitrogens with one attached hydrogen (secondary N) is 1. The number of aromatic nitrogens is 3. The number of carbonyl (C=O) groups is 2. The summed E-state index contributed by atoms with van der Waals surface area (Å²) in [6, 6.07) is 12.9. The molecule has 1 aliphatic heterocycles. The van der Waals surface area contributed by atoms with Crippen LogP contribution in [-0.2, 0) is 15.1 Å². The van der Waals surface area contributed by atoms with E-state index in [2.05, 4.69) is 10.4 Å². The van der Waals surface area contributed by atoms with Crippen LogP contribution in [0.15, 0.2) is 61.1 Å². The maximum Gasteiger partial charge on any atom is 0.339 e. The second-order valence-corrected chi connectivity index (χ2v) is 7.76. The summed E-state index contributed by atoms with van der Waals surface area (Å²) >= 11 is 0. The first kappa shape index (κ1) is 18.4. The average molecular weight is 404 g/mol. The Bertz CT molecular complexity index is 1120. The molecule has 1 spiro atoms. The lowest BCUT2D eigenvalue weighted by Gasteiger charge is -2.35. The number of pyridine rings is 1. The Labute approximate surface area is 172 Å². The monoisotopic (exact) mass is 404 g/mol. The normalized spacial score (nSPS) is 22.5. The van der Waals surface area contributed by atoms with Crippen molar-refractivity contribution in [2.45, 2.75) is 31.3 Å². The van der Waals surface area contributed by atoms with Gasteiger partial charge in [0.05, 0.1) is 16.8 Å². The third-order valence-corrected chi connectivity index (χ3v) is 5.96. The summed E-state index contributed by atoms with van der Waals surface area (Å²) in [5.74, 6) is -0.211. The van der Waals surface area contributed by atoms with Gasteiger partial charge in [-0.3, -0.25) is 4.79 Å². The Balaban J connectivity index is 1.26. The van der Waals surface area contributed by atoms with Gasteiger partial charge in [-0.1, -0.05) is 18.2 Å². The average Bonchev–Trinajstić information content (AvgIpc) is 3.32. The van der Waals surface area contributed by atoms with E-state index in [9.17, 15) is 14.8 Å². The van der Waals surface area contributed by atoms with Gasteiger partial charge >= 0.3 is 5.97 Å². The van der Waals surface area contributed by atoms with Crippen LogP contribution in [0.3, 0.4) is 0 Å². The van der Waals surface area contributed by atoms with E-state index in [0.717, 1.165) is 5.69 Å². The van der Waals surface area contributed by atoms with E-state index in [1.807, 2.05) is 30.3 Å². The summed E-state index contributed by atoms with van der Waals surface area (Å²) in [6.45, 7) is 0. The van der Waals surface area contributed by atoms with E-state index >= 15 is 0 Å². The summed E-state index contributed by atoms with van der Waals surface area (Å²) < 4.78 is 8.07. The van der Waals surface area contributed by atoms with Crippen molar-refractivity contribution in [2.24, 2.45) is 5.92 Å². The van der Waals surface area contributed by atoms with Gasteiger partial charge < -0.3 is 15.3 Å². The molecular weight excluding hydrogens is 384 g/mol. The van der Waals surface area contributed by atoms with Crippen molar-refractivity contribution in [1.82, 2.24) is 9.78 Å². The lowest BCUT2D eigenvalue weighted by Crippen LogP contribution is -2.37. The highest BCUT2D eigenvalue weighted by Crippen LogP contribution is 2.47. The number of para-hydroxylation sites is 1. The Morgan fingerprint density at radius 2 is 1.97 bits per heavy atom. The highest BCUT2D eigenvalue weighted by Gasteiger charge is 2.50. The Hall–Kier alpha value is -3.68. The fourth-order valence-electron chi connectivity index (χ4n) is 4.37. The van der Waals surface area contributed by atoms with Gasteiger partial charge in [-0.2, -0.15) is 9.83 Å². The Morgan fingerprint density at radius 3 is 2.73 bits per heavy atom. The quantitative estimate of drug-likeness (QED) is 0.411. The molecule has 1 N–H and O–H groups in total. The zero-order chi connectivity index (χ0) is 20.7. The van der Waals surface area contributed by atoms with Crippen LogP contribution in [-0.4, -0.2) is 21.7 Å². The lowest BCUT2D eigenvalue weighted by atomic mass is 9.75. The first-order valence-electron chi connectivity index (χ1n) is 9.93. The molecule has 3 aromatic rings. The fraction of sp³-hybridized carbons (Fsp3) is 0.273. The van der Waals surface area contributed by atoms with Gasteiger partial charge in [0.25, 0.3) is 0 Å². The zero-order valence-corrected chi connectivity index (χ0v) is 16.2. The summed E-state index contributed by atoms with van der Waals surface area (Å²) in [4.78, 5) is 25.0. The number of rotatable bonds is 3. The minimum atomic E-state index is -0.800. The predicted molar refractivity (Wildman–Crippen MR) is 107 cm³/mol. The predicted octanol–water partition coefficient (Wildman–Crippen LogP) is 2.70. The molecule has 2 aliphatic rings. The molecule has 0 bridgehead atoms. The second kappa shape index (κ2) is 6.98. The van der Waals surface area contributed by atoms with Gasteiger partial charge in [0.2, 0.25) is 5.91 Å². The molecule has 2 aromatic heterocycles. The van der Waals surface area contributed by atoms with Crippen molar-refractivity contribution >= 4 is 17.7 Å². The molecule has 0 atom stereocenters. The topological polar surface area (TPSA) is 100 Å². The number of anilines is 1. The molecule has 30 heavy (non-hydrogen) atoms. The van der Waals surface area contributed by atoms with E-state index in [4.69, 9.17) is 4.74 Å². The number of ether oxygens (including phenoxy) is 1. The highest BCUT2D eigenvalue weighted by molar-refractivity contribution is 5.95. The SMILES string of the molecule is O=C1O[C@]2(CC[C@@H](C(=O)Nc3ccn(-c4ccccc4)n3)CC2)c2c[n+]([O-])ccc21. The van der Waals surface area contributed by atoms with Crippen molar-refractivity contribution in [3.8, 4) is 5.69 Å². The van der Waals surface area contributed by atoms with Crippen molar-refractivity contribution in [3.63, 3.8) is 0 Å². The Kier molecular flexibility index (Phi) is 4.27. The van der Waals surface area contributed by atoms with E-state index in [0.29, 0.717) is 47.4 Å². The van der Waals surface area contributed by atoms with E-state index in [1.165, 1.54) is 18.5 Å². The molecule has 0 unspecified atom stereocenters. The number of nitrogens with zero attached hydrogens (tertiary/aromatic N) is 3. The van der Waals surface area contributed by atoms with Crippen LogP contribution < -0.4 is 10.0 Å². The van der Waals surface area contributed by atoms with Crippen LogP contribution in [0.4, 0.5) is 5.82 Å². The maximum atomic E-state index is 12.8. The van der Waals surface area contributed by atoms with Gasteiger partial charge in [-0.15, -0.1) is 0 Å². The number of carbonyl (C=O) groups excluding carboxylic acids is 2. The van der Waals surface area contributed by atoms with Crippen molar-refractivity contribution in [2.75, 3.05) is 5.32 Å². The molecular formula is C22H20N4O4. The standard InChI is InChI=1S/C22H20N4O4/c27-20(23-19-9-13-26(24-19)16-4-2-1-3-5-16)15-6-10-22(11-7-15)18-14-25(29)12-8-17(18)21(28)30-22/h1-5,8-9,12-15H,6-7,10-11H2,(H,23,24,27)/t15-,22+. The number of esters is 1. The van der Waals surface area contributed by atoms with Crippen molar-refractivity contribution < 1.29 is 19.1 Å². The highest BCUT2D eigenvalue weighted by atomic mass is 16.6. The van der Waals surface area contributed by atoms with Crippen molar-refractivity contribution in [1.29, 1.82) is 0 Å². The number of benzene rings is 1. The van der Waals surface area contributed by atoms with Crippen LogP contribution in [0, 0.1) is 11.1 Å². The molecule has 152 valence electrons. The molecule has 0 saturated heterocycles. The van der Waals surface area contributed by atoms with Gasteiger partial charge in [0.1, 0.15) is 5.60 Å².